The largest absolute Gasteiger partial charge is 0.493 e. The second-order valence-corrected chi connectivity index (χ2v) is 7.37. The van der Waals surface area contributed by atoms with Gasteiger partial charge in [0.15, 0.2) is 18.1 Å². The molecule has 4 heteroatoms. The molecule has 28 heavy (non-hydrogen) atoms. The summed E-state index contributed by atoms with van der Waals surface area (Å²) in [5.41, 5.74) is 4.18. The predicted octanol–water partition coefficient (Wildman–Crippen LogP) is 5.99. The lowest BCUT2D eigenvalue weighted by Gasteiger charge is -2.20. The van der Waals surface area contributed by atoms with Crippen molar-refractivity contribution in [2.75, 3.05) is 19.0 Å². The lowest BCUT2D eigenvalue weighted by Crippen LogP contribution is -2.22. The van der Waals surface area contributed by atoms with Crippen LogP contribution in [0.2, 0.25) is 0 Å². The third-order valence-corrected chi connectivity index (χ3v) is 4.54. The van der Waals surface area contributed by atoms with Crippen LogP contribution in [0.4, 0.5) is 5.69 Å². The number of carbonyl (C=O) groups excluding carboxylic acids is 1. The van der Waals surface area contributed by atoms with Crippen molar-refractivity contribution in [1.29, 1.82) is 0 Å². The molecule has 1 amide bonds. The van der Waals surface area contributed by atoms with E-state index in [-0.39, 0.29) is 12.5 Å². The summed E-state index contributed by atoms with van der Waals surface area (Å²) in [4.78, 5) is 12.6. The maximum absolute atomic E-state index is 12.6. The van der Waals surface area contributed by atoms with E-state index in [2.05, 4.69) is 45.1 Å². The van der Waals surface area contributed by atoms with Gasteiger partial charge >= 0.3 is 0 Å². The molecule has 0 saturated carbocycles. The molecule has 0 aliphatic rings. The average molecular weight is 382 g/mol. The standard InChI is InChI=1S/C24H31NO3/c1-7-9-18-12-13-21(22(14-18)27-6)28-15-23(26)25-24-19(16(2)3)10-8-11-20(24)17(4)5/h7-14,16-17H,15H2,1-6H3,(H,25,26). The highest BCUT2D eigenvalue weighted by atomic mass is 16.5. The van der Waals surface area contributed by atoms with Gasteiger partial charge in [0, 0.05) is 5.69 Å². The number of carbonyl (C=O) groups is 1. The third kappa shape index (κ3) is 5.38. The summed E-state index contributed by atoms with van der Waals surface area (Å²) in [6.07, 6.45) is 3.94. The van der Waals surface area contributed by atoms with Crippen molar-refractivity contribution < 1.29 is 14.3 Å². The first-order chi connectivity index (χ1) is 13.4. The van der Waals surface area contributed by atoms with Gasteiger partial charge in [0.2, 0.25) is 0 Å². The summed E-state index contributed by atoms with van der Waals surface area (Å²) in [6.45, 7) is 10.4. The topological polar surface area (TPSA) is 47.6 Å². The molecule has 1 N–H and O–H groups in total. The van der Waals surface area contributed by atoms with Gasteiger partial charge in [0.05, 0.1) is 7.11 Å². The molecule has 0 spiro atoms. The Morgan fingerprint density at radius 2 is 1.68 bits per heavy atom. The minimum absolute atomic E-state index is 0.0801. The van der Waals surface area contributed by atoms with E-state index in [1.807, 2.05) is 43.3 Å². The van der Waals surface area contributed by atoms with E-state index in [0.29, 0.717) is 23.3 Å². The number of amides is 1. The first-order valence-corrected chi connectivity index (χ1v) is 9.73. The zero-order valence-corrected chi connectivity index (χ0v) is 17.7. The van der Waals surface area contributed by atoms with Crippen LogP contribution in [-0.2, 0) is 4.79 Å². The highest BCUT2D eigenvalue weighted by Crippen LogP contribution is 2.33. The van der Waals surface area contributed by atoms with Gasteiger partial charge in [-0.15, -0.1) is 0 Å². The zero-order valence-electron chi connectivity index (χ0n) is 17.7. The maximum atomic E-state index is 12.6. The van der Waals surface area contributed by atoms with Crippen LogP contribution in [0.3, 0.4) is 0 Å². The van der Waals surface area contributed by atoms with Crippen LogP contribution in [0.5, 0.6) is 11.5 Å². The Kier molecular flexibility index (Phi) is 7.68. The molecule has 2 aromatic carbocycles. The third-order valence-electron chi connectivity index (χ3n) is 4.54. The number of para-hydroxylation sites is 1. The summed E-state index contributed by atoms with van der Waals surface area (Å²) in [5.74, 6) is 1.60. The van der Waals surface area contributed by atoms with Crippen molar-refractivity contribution in [2.24, 2.45) is 0 Å². The lowest BCUT2D eigenvalue weighted by molar-refractivity contribution is -0.118. The molecule has 0 unspecified atom stereocenters. The summed E-state index contributed by atoms with van der Waals surface area (Å²) < 4.78 is 11.1. The highest BCUT2D eigenvalue weighted by molar-refractivity contribution is 5.93. The SMILES string of the molecule is CC=Cc1ccc(OCC(=O)Nc2c(C(C)C)cccc2C(C)C)c(OC)c1. The summed E-state index contributed by atoms with van der Waals surface area (Å²) in [5, 5.41) is 3.07. The maximum Gasteiger partial charge on any atom is 0.262 e. The van der Waals surface area contributed by atoms with E-state index in [0.717, 1.165) is 22.4 Å². The molecular formula is C24H31NO3. The fourth-order valence-corrected chi connectivity index (χ4v) is 3.11. The number of nitrogens with one attached hydrogen (secondary N) is 1. The van der Waals surface area contributed by atoms with E-state index in [4.69, 9.17) is 9.47 Å². The van der Waals surface area contributed by atoms with Crippen molar-refractivity contribution in [2.45, 2.75) is 46.5 Å². The quantitative estimate of drug-likeness (QED) is 0.611. The summed E-state index contributed by atoms with van der Waals surface area (Å²) >= 11 is 0. The molecule has 0 fully saturated rings. The molecule has 4 nitrogen and oxygen atoms in total. The van der Waals surface area contributed by atoms with Crippen molar-refractivity contribution in [3.63, 3.8) is 0 Å². The first-order valence-electron chi connectivity index (χ1n) is 9.73. The Hall–Kier alpha value is -2.75. The molecule has 0 bridgehead atoms. The highest BCUT2D eigenvalue weighted by Gasteiger charge is 2.16. The number of benzene rings is 2. The van der Waals surface area contributed by atoms with Crippen LogP contribution in [0.15, 0.2) is 42.5 Å². The summed E-state index contributed by atoms with van der Waals surface area (Å²) in [6, 6.07) is 11.8. The number of anilines is 1. The molecule has 2 aromatic rings. The van der Waals surface area contributed by atoms with Crippen LogP contribution < -0.4 is 14.8 Å². The second-order valence-electron chi connectivity index (χ2n) is 7.37. The van der Waals surface area contributed by atoms with Gasteiger partial charge in [-0.1, -0.05) is 64.1 Å². The molecule has 0 aromatic heterocycles. The number of hydrogen-bond donors (Lipinski definition) is 1. The van der Waals surface area contributed by atoms with Gasteiger partial charge in [-0.3, -0.25) is 4.79 Å². The number of methoxy groups -OCH3 is 1. The van der Waals surface area contributed by atoms with E-state index < -0.39 is 0 Å². The van der Waals surface area contributed by atoms with Crippen LogP contribution in [0.1, 0.15) is 63.1 Å². The van der Waals surface area contributed by atoms with Gasteiger partial charge in [0.25, 0.3) is 5.91 Å². The van der Waals surface area contributed by atoms with Crippen molar-refractivity contribution in [1.82, 2.24) is 0 Å². The van der Waals surface area contributed by atoms with E-state index in [9.17, 15) is 4.79 Å². The average Bonchev–Trinajstić information content (AvgIpc) is 2.66. The second kappa shape index (κ2) is 9.98. The zero-order chi connectivity index (χ0) is 20.7. The molecule has 150 valence electrons. The minimum atomic E-state index is -0.186. The smallest absolute Gasteiger partial charge is 0.262 e. The van der Waals surface area contributed by atoms with Gasteiger partial charge in [-0.05, 0) is 47.6 Å². The summed E-state index contributed by atoms with van der Waals surface area (Å²) in [7, 11) is 1.59. The van der Waals surface area contributed by atoms with Crippen molar-refractivity contribution >= 4 is 17.7 Å². The Labute approximate surface area is 168 Å². The van der Waals surface area contributed by atoms with Crippen molar-refractivity contribution in [3.05, 3.63) is 59.2 Å². The Morgan fingerprint density at radius 1 is 1.04 bits per heavy atom. The predicted molar refractivity (Wildman–Crippen MR) is 116 cm³/mol. The van der Waals surface area contributed by atoms with Gasteiger partial charge in [-0.2, -0.15) is 0 Å². The molecule has 0 atom stereocenters. The molecule has 0 radical (unpaired) electrons. The van der Waals surface area contributed by atoms with E-state index >= 15 is 0 Å². The van der Waals surface area contributed by atoms with Crippen molar-refractivity contribution in [3.8, 4) is 11.5 Å². The fourth-order valence-electron chi connectivity index (χ4n) is 3.11. The minimum Gasteiger partial charge on any atom is -0.493 e. The number of rotatable bonds is 8. The molecule has 2 rings (SSSR count). The normalized spacial score (nSPS) is 11.3. The Bertz CT molecular complexity index is 811. The van der Waals surface area contributed by atoms with Crippen LogP contribution in [0, 0.1) is 0 Å². The van der Waals surface area contributed by atoms with Crippen LogP contribution >= 0.6 is 0 Å². The Morgan fingerprint density at radius 3 is 2.21 bits per heavy atom. The number of hydrogen-bond acceptors (Lipinski definition) is 3. The molecule has 0 aliphatic carbocycles. The number of allylic oxidation sites excluding steroid dienone is 1. The van der Waals surface area contributed by atoms with Crippen LogP contribution in [-0.4, -0.2) is 19.6 Å². The molecule has 0 saturated heterocycles. The first kappa shape index (κ1) is 21.5. The van der Waals surface area contributed by atoms with Gasteiger partial charge < -0.3 is 14.8 Å². The molecule has 0 aliphatic heterocycles. The monoisotopic (exact) mass is 381 g/mol. The number of ether oxygens (including phenoxy) is 2. The van der Waals surface area contributed by atoms with E-state index in [1.54, 1.807) is 7.11 Å². The van der Waals surface area contributed by atoms with Gasteiger partial charge in [-0.25, -0.2) is 0 Å². The van der Waals surface area contributed by atoms with Crippen LogP contribution in [0.25, 0.3) is 6.08 Å². The van der Waals surface area contributed by atoms with E-state index in [1.165, 1.54) is 0 Å². The van der Waals surface area contributed by atoms with Gasteiger partial charge in [0.1, 0.15) is 0 Å². The molecule has 0 heterocycles. The lowest BCUT2D eigenvalue weighted by atomic mass is 9.92. The Balaban J connectivity index is 2.15. The fraction of sp³-hybridized carbons (Fsp3) is 0.375. The molecular weight excluding hydrogens is 350 g/mol.